The Morgan fingerprint density at radius 1 is 1.10 bits per heavy atom. The topological polar surface area (TPSA) is 88.9 Å². The van der Waals surface area contributed by atoms with Crippen LogP contribution >= 0.6 is 11.6 Å². The Kier molecular flexibility index (Phi) is 6.10. The molecule has 7 nitrogen and oxygen atoms in total. The standard InChI is InChI=1S/C28H23ClF3N5O2/c29-21-7-4-16(14-34-26(39)27(9-10-27)28(30,31)32)12-19(21)25(38)36-22-2-1-3-24-20(22)15-35-37(24)18-8-11-33-23(13-18)17-5-6-17/h1-4,7-8,11-13,15,17H,5-6,9-10,14H2,(H,34,39)(H,36,38). The number of anilines is 1. The van der Waals surface area contributed by atoms with Gasteiger partial charge in [-0.25, -0.2) is 4.68 Å². The minimum absolute atomic E-state index is 0.132. The van der Waals surface area contributed by atoms with Crippen molar-refractivity contribution in [3.8, 4) is 5.69 Å². The number of benzene rings is 2. The lowest BCUT2D eigenvalue weighted by molar-refractivity contribution is -0.192. The third kappa shape index (κ3) is 4.73. The first-order chi connectivity index (χ1) is 18.7. The van der Waals surface area contributed by atoms with Crippen LogP contribution in [0.3, 0.4) is 0 Å². The highest BCUT2D eigenvalue weighted by Gasteiger charge is 2.68. The van der Waals surface area contributed by atoms with Crippen molar-refractivity contribution in [3.05, 3.63) is 82.8 Å². The number of alkyl halides is 3. The molecular formula is C28H23ClF3N5O2. The monoisotopic (exact) mass is 553 g/mol. The molecular weight excluding hydrogens is 531 g/mol. The minimum Gasteiger partial charge on any atom is -0.351 e. The van der Waals surface area contributed by atoms with E-state index in [1.807, 2.05) is 18.2 Å². The summed E-state index contributed by atoms with van der Waals surface area (Å²) in [5.41, 5.74) is 1.51. The molecule has 11 heteroatoms. The van der Waals surface area contributed by atoms with E-state index in [9.17, 15) is 22.8 Å². The summed E-state index contributed by atoms with van der Waals surface area (Å²) in [5, 5.41) is 10.6. The van der Waals surface area contributed by atoms with Gasteiger partial charge in [-0.15, -0.1) is 0 Å². The van der Waals surface area contributed by atoms with Crippen LogP contribution in [-0.4, -0.2) is 32.8 Å². The van der Waals surface area contributed by atoms with Crippen LogP contribution in [-0.2, 0) is 11.3 Å². The maximum atomic E-state index is 13.2. The lowest BCUT2D eigenvalue weighted by Crippen LogP contribution is -2.40. The van der Waals surface area contributed by atoms with E-state index >= 15 is 0 Å². The summed E-state index contributed by atoms with van der Waals surface area (Å²) in [5.74, 6) is -1.06. The molecule has 2 aliphatic rings. The van der Waals surface area contributed by atoms with Crippen LogP contribution in [0.25, 0.3) is 16.6 Å². The summed E-state index contributed by atoms with van der Waals surface area (Å²) in [6, 6.07) is 13.9. The molecule has 0 atom stereocenters. The van der Waals surface area contributed by atoms with E-state index < -0.39 is 23.4 Å². The molecule has 0 aliphatic heterocycles. The van der Waals surface area contributed by atoms with Crippen LogP contribution in [0, 0.1) is 5.41 Å². The molecule has 2 saturated carbocycles. The second-order valence-corrected chi connectivity index (χ2v) is 10.4. The highest BCUT2D eigenvalue weighted by Crippen LogP contribution is 2.57. The SMILES string of the molecule is O=C(Nc1cccc2c1cnn2-c1ccnc(C2CC2)c1)c1cc(CNC(=O)C2(C(F)(F)F)CC2)ccc1Cl. The quantitative estimate of drug-likeness (QED) is 0.287. The van der Waals surface area contributed by atoms with E-state index in [4.69, 9.17) is 11.6 Å². The van der Waals surface area contributed by atoms with Gasteiger partial charge in [0.2, 0.25) is 5.91 Å². The van der Waals surface area contributed by atoms with Gasteiger partial charge in [0.15, 0.2) is 0 Å². The Bertz CT molecular complexity index is 1610. The number of rotatable bonds is 7. The number of carbonyl (C=O) groups is 2. The molecule has 2 aliphatic carbocycles. The Labute approximate surface area is 226 Å². The molecule has 0 spiro atoms. The Hall–Kier alpha value is -3.92. The van der Waals surface area contributed by atoms with E-state index in [0.717, 1.165) is 35.1 Å². The van der Waals surface area contributed by atoms with Gasteiger partial charge in [0.25, 0.3) is 5.91 Å². The minimum atomic E-state index is -4.59. The van der Waals surface area contributed by atoms with Crippen molar-refractivity contribution in [3.63, 3.8) is 0 Å². The Morgan fingerprint density at radius 2 is 1.90 bits per heavy atom. The number of hydrogen-bond acceptors (Lipinski definition) is 4. The number of aromatic nitrogens is 3. The summed E-state index contributed by atoms with van der Waals surface area (Å²) in [6.07, 6.45) is 0.683. The third-order valence-corrected chi connectivity index (χ3v) is 7.65. The zero-order valence-electron chi connectivity index (χ0n) is 20.6. The third-order valence-electron chi connectivity index (χ3n) is 7.32. The van der Waals surface area contributed by atoms with E-state index in [2.05, 4.69) is 20.7 Å². The fourth-order valence-electron chi connectivity index (χ4n) is 4.70. The molecule has 0 unspecified atom stereocenters. The molecule has 2 fully saturated rings. The second-order valence-electron chi connectivity index (χ2n) is 10.0. The van der Waals surface area contributed by atoms with Crippen molar-refractivity contribution in [2.24, 2.45) is 5.41 Å². The summed E-state index contributed by atoms with van der Waals surface area (Å²) >= 11 is 6.29. The molecule has 2 heterocycles. The summed E-state index contributed by atoms with van der Waals surface area (Å²) in [6.45, 7) is -0.161. The molecule has 0 radical (unpaired) electrons. The largest absolute Gasteiger partial charge is 0.403 e. The van der Waals surface area contributed by atoms with Crippen LogP contribution in [0.4, 0.5) is 18.9 Å². The number of halogens is 4. The fraction of sp³-hybridized carbons (Fsp3) is 0.286. The molecule has 0 saturated heterocycles. The lowest BCUT2D eigenvalue weighted by atomic mass is 10.1. The summed E-state index contributed by atoms with van der Waals surface area (Å²) in [7, 11) is 0. The first-order valence-corrected chi connectivity index (χ1v) is 12.9. The highest BCUT2D eigenvalue weighted by molar-refractivity contribution is 6.34. The van der Waals surface area contributed by atoms with Crippen molar-refractivity contribution in [2.75, 3.05) is 5.32 Å². The molecule has 39 heavy (non-hydrogen) atoms. The van der Waals surface area contributed by atoms with Crippen molar-refractivity contribution in [2.45, 2.75) is 44.3 Å². The molecule has 4 aromatic rings. The van der Waals surface area contributed by atoms with Gasteiger partial charge in [0.05, 0.1) is 33.7 Å². The zero-order chi connectivity index (χ0) is 27.4. The first-order valence-electron chi connectivity index (χ1n) is 12.5. The Balaban J connectivity index is 1.20. The number of nitrogens with one attached hydrogen (secondary N) is 2. The number of fused-ring (bicyclic) bond motifs is 1. The average molecular weight is 554 g/mol. The van der Waals surface area contributed by atoms with Crippen LogP contribution in [0.5, 0.6) is 0 Å². The van der Waals surface area contributed by atoms with Crippen LogP contribution in [0.15, 0.2) is 60.9 Å². The molecule has 2 amide bonds. The lowest BCUT2D eigenvalue weighted by Gasteiger charge is -2.18. The Morgan fingerprint density at radius 3 is 2.62 bits per heavy atom. The maximum absolute atomic E-state index is 13.2. The molecule has 2 N–H and O–H groups in total. The number of nitrogens with zero attached hydrogens (tertiary/aromatic N) is 3. The van der Waals surface area contributed by atoms with Gasteiger partial charge >= 0.3 is 6.18 Å². The number of pyridine rings is 1. The van der Waals surface area contributed by atoms with E-state index in [1.165, 1.54) is 12.1 Å². The molecule has 0 bridgehead atoms. The number of hydrogen-bond donors (Lipinski definition) is 2. The van der Waals surface area contributed by atoms with E-state index in [1.54, 1.807) is 35.3 Å². The fourth-order valence-corrected chi connectivity index (χ4v) is 4.90. The van der Waals surface area contributed by atoms with Crippen molar-refractivity contribution < 1.29 is 22.8 Å². The first kappa shape index (κ1) is 25.4. The number of carbonyl (C=O) groups excluding carboxylic acids is 2. The maximum Gasteiger partial charge on any atom is 0.403 e. The van der Waals surface area contributed by atoms with Gasteiger partial charge < -0.3 is 10.6 Å². The van der Waals surface area contributed by atoms with Gasteiger partial charge in [0, 0.05) is 29.7 Å². The zero-order valence-corrected chi connectivity index (χ0v) is 21.3. The van der Waals surface area contributed by atoms with Gasteiger partial charge in [-0.3, -0.25) is 14.6 Å². The molecule has 200 valence electrons. The van der Waals surface area contributed by atoms with Crippen molar-refractivity contribution in [1.82, 2.24) is 20.1 Å². The average Bonchev–Trinajstić information content (AvgIpc) is 3.84. The smallest absolute Gasteiger partial charge is 0.351 e. The molecule has 2 aromatic carbocycles. The van der Waals surface area contributed by atoms with Crippen molar-refractivity contribution >= 4 is 40.0 Å². The van der Waals surface area contributed by atoms with Crippen LogP contribution in [0.2, 0.25) is 5.02 Å². The van der Waals surface area contributed by atoms with E-state index in [-0.39, 0.29) is 30.0 Å². The molecule has 6 rings (SSSR count). The number of amides is 2. The predicted molar refractivity (Wildman–Crippen MR) is 140 cm³/mol. The predicted octanol–water partition coefficient (Wildman–Crippen LogP) is 6.16. The second kappa shape index (κ2) is 9.37. The van der Waals surface area contributed by atoms with Crippen LogP contribution in [0.1, 0.15) is 53.2 Å². The van der Waals surface area contributed by atoms with Crippen molar-refractivity contribution in [1.29, 1.82) is 0 Å². The summed E-state index contributed by atoms with van der Waals surface area (Å²) in [4.78, 5) is 29.9. The normalized spacial score (nSPS) is 16.2. The van der Waals surface area contributed by atoms with Gasteiger partial charge in [-0.2, -0.15) is 18.3 Å². The van der Waals surface area contributed by atoms with Gasteiger partial charge in [0.1, 0.15) is 5.41 Å². The van der Waals surface area contributed by atoms with E-state index in [0.29, 0.717) is 17.2 Å². The van der Waals surface area contributed by atoms with Gasteiger partial charge in [-0.1, -0.05) is 23.7 Å². The molecule has 2 aromatic heterocycles. The van der Waals surface area contributed by atoms with Gasteiger partial charge in [-0.05, 0) is 67.6 Å². The summed E-state index contributed by atoms with van der Waals surface area (Å²) < 4.78 is 41.5. The highest BCUT2D eigenvalue weighted by atomic mass is 35.5. The van der Waals surface area contributed by atoms with Crippen LogP contribution < -0.4 is 10.6 Å².